The van der Waals surface area contributed by atoms with Crippen LogP contribution in [0.15, 0.2) is 42.5 Å². The van der Waals surface area contributed by atoms with E-state index in [9.17, 15) is 9.59 Å². The average molecular weight is 456 g/mol. The Balaban J connectivity index is 1.51. The van der Waals surface area contributed by atoms with Crippen molar-refractivity contribution in [3.63, 3.8) is 0 Å². The predicted molar refractivity (Wildman–Crippen MR) is 123 cm³/mol. The lowest BCUT2D eigenvalue weighted by Crippen LogP contribution is -2.37. The Bertz CT molecular complexity index is 1110. The number of amides is 2. The molecule has 2 amide bonds. The van der Waals surface area contributed by atoms with Gasteiger partial charge in [0.15, 0.2) is 5.13 Å². The van der Waals surface area contributed by atoms with Crippen LogP contribution >= 0.6 is 22.9 Å². The molecular formula is C23H22ClN3O3S. The second-order valence-electron chi connectivity index (χ2n) is 7.83. The summed E-state index contributed by atoms with van der Waals surface area (Å²) in [5, 5.41) is 1.12. The van der Waals surface area contributed by atoms with Crippen molar-refractivity contribution in [3.8, 4) is 0 Å². The van der Waals surface area contributed by atoms with Crippen molar-refractivity contribution in [2.45, 2.75) is 31.8 Å². The van der Waals surface area contributed by atoms with Crippen LogP contribution in [0.25, 0.3) is 10.2 Å². The number of carbonyl (C=O) groups is 2. The van der Waals surface area contributed by atoms with Crippen LogP contribution in [0.5, 0.6) is 0 Å². The fourth-order valence-corrected chi connectivity index (χ4v) is 5.32. The Morgan fingerprint density at radius 1 is 1.26 bits per heavy atom. The van der Waals surface area contributed by atoms with Gasteiger partial charge < -0.3 is 9.64 Å². The molecular weight excluding hydrogens is 434 g/mol. The highest BCUT2D eigenvalue weighted by atomic mass is 35.5. The lowest BCUT2D eigenvalue weighted by Gasteiger charge is -2.24. The summed E-state index contributed by atoms with van der Waals surface area (Å²) in [7, 11) is 0. The van der Waals surface area contributed by atoms with E-state index in [2.05, 4.69) is 0 Å². The number of ether oxygens (including phenoxy) is 1. The monoisotopic (exact) mass is 455 g/mol. The standard InChI is InChI=1S/C23H22ClN3O3S/c24-17-10-9-15(13-19(17)26-11-3-8-21(26)28)22(29)27(14-16-5-4-12-30-16)23-25-18-6-1-2-7-20(18)31-23/h1-2,6-7,9-10,13,16H,3-5,8,11-12,14H2/t16-/m0/s1. The number of hydrogen-bond donors (Lipinski definition) is 0. The van der Waals surface area contributed by atoms with Gasteiger partial charge in [-0.25, -0.2) is 4.98 Å². The highest BCUT2D eigenvalue weighted by molar-refractivity contribution is 7.22. The van der Waals surface area contributed by atoms with Crippen molar-refractivity contribution in [2.75, 3.05) is 29.5 Å². The molecule has 160 valence electrons. The summed E-state index contributed by atoms with van der Waals surface area (Å²) in [6.45, 7) is 1.78. The fraction of sp³-hybridized carbons (Fsp3) is 0.348. The summed E-state index contributed by atoms with van der Waals surface area (Å²) in [4.78, 5) is 34.0. The fourth-order valence-electron chi connectivity index (χ4n) is 4.13. The van der Waals surface area contributed by atoms with Crippen molar-refractivity contribution in [1.29, 1.82) is 0 Å². The van der Waals surface area contributed by atoms with Crippen molar-refractivity contribution >= 4 is 55.8 Å². The van der Waals surface area contributed by atoms with Gasteiger partial charge in [-0.2, -0.15) is 0 Å². The molecule has 3 heterocycles. The van der Waals surface area contributed by atoms with Gasteiger partial charge in [0.05, 0.1) is 33.6 Å². The number of para-hydroxylation sites is 1. The lowest BCUT2D eigenvalue weighted by molar-refractivity contribution is -0.117. The normalized spacial score (nSPS) is 18.8. The van der Waals surface area contributed by atoms with Crippen LogP contribution < -0.4 is 9.80 Å². The molecule has 0 spiro atoms. The molecule has 2 fully saturated rings. The summed E-state index contributed by atoms with van der Waals surface area (Å²) in [5.41, 5.74) is 1.94. The topological polar surface area (TPSA) is 62.7 Å². The number of fused-ring (bicyclic) bond motifs is 1. The molecule has 31 heavy (non-hydrogen) atoms. The summed E-state index contributed by atoms with van der Waals surface area (Å²) in [6.07, 6.45) is 3.20. The highest BCUT2D eigenvalue weighted by Gasteiger charge is 2.29. The number of benzene rings is 2. The lowest BCUT2D eigenvalue weighted by atomic mass is 10.1. The molecule has 0 unspecified atom stereocenters. The van der Waals surface area contributed by atoms with E-state index in [1.807, 2.05) is 24.3 Å². The second-order valence-corrected chi connectivity index (χ2v) is 9.25. The first-order valence-corrected chi connectivity index (χ1v) is 11.7. The molecule has 5 rings (SSSR count). The number of carbonyl (C=O) groups excluding carboxylic acids is 2. The van der Waals surface area contributed by atoms with E-state index >= 15 is 0 Å². The largest absolute Gasteiger partial charge is 0.376 e. The highest BCUT2D eigenvalue weighted by Crippen LogP contribution is 2.34. The van der Waals surface area contributed by atoms with Gasteiger partial charge in [-0.15, -0.1) is 0 Å². The summed E-state index contributed by atoms with van der Waals surface area (Å²) >= 11 is 7.88. The molecule has 6 nitrogen and oxygen atoms in total. The van der Waals surface area contributed by atoms with Gasteiger partial charge in [-0.05, 0) is 49.6 Å². The zero-order valence-electron chi connectivity index (χ0n) is 16.9. The molecule has 2 saturated heterocycles. The number of nitrogens with zero attached hydrogens (tertiary/aromatic N) is 3. The number of aromatic nitrogens is 1. The molecule has 0 N–H and O–H groups in total. The first-order chi connectivity index (χ1) is 15.1. The number of halogens is 1. The van der Waals surface area contributed by atoms with E-state index in [1.54, 1.807) is 28.0 Å². The van der Waals surface area contributed by atoms with Crippen molar-refractivity contribution in [3.05, 3.63) is 53.1 Å². The molecule has 2 aliphatic heterocycles. The maximum Gasteiger partial charge on any atom is 0.260 e. The van der Waals surface area contributed by atoms with Crippen molar-refractivity contribution < 1.29 is 14.3 Å². The number of hydrogen-bond acceptors (Lipinski definition) is 5. The molecule has 1 atom stereocenters. The predicted octanol–water partition coefficient (Wildman–Crippen LogP) is 4.90. The molecule has 2 aromatic carbocycles. The van der Waals surface area contributed by atoms with Crippen LogP contribution in [-0.4, -0.2) is 42.6 Å². The third kappa shape index (κ3) is 4.05. The smallest absolute Gasteiger partial charge is 0.260 e. The van der Waals surface area contributed by atoms with Crippen molar-refractivity contribution in [1.82, 2.24) is 4.98 Å². The average Bonchev–Trinajstić information content (AvgIpc) is 3.52. The van der Waals surface area contributed by atoms with Crippen LogP contribution in [-0.2, 0) is 9.53 Å². The van der Waals surface area contributed by atoms with Gasteiger partial charge in [0, 0.05) is 25.1 Å². The zero-order valence-corrected chi connectivity index (χ0v) is 18.5. The molecule has 0 aliphatic carbocycles. The SMILES string of the molecule is O=C(c1ccc(Cl)c(N2CCCC2=O)c1)N(C[C@@H]1CCCO1)c1nc2ccccc2s1. The van der Waals surface area contributed by atoms with Crippen molar-refractivity contribution in [2.24, 2.45) is 0 Å². The summed E-state index contributed by atoms with van der Waals surface area (Å²) < 4.78 is 6.84. The number of anilines is 2. The number of thiazole rings is 1. The zero-order chi connectivity index (χ0) is 21.4. The maximum absolute atomic E-state index is 13.7. The van der Waals surface area contributed by atoms with Gasteiger partial charge in [0.25, 0.3) is 5.91 Å². The minimum atomic E-state index is -0.167. The Labute approximate surface area is 189 Å². The van der Waals surface area contributed by atoms with E-state index in [0.29, 0.717) is 47.5 Å². The van der Waals surface area contributed by atoms with Crippen LogP contribution in [0.2, 0.25) is 5.02 Å². The third-order valence-corrected chi connectivity index (χ3v) is 7.11. The minimum absolute atomic E-state index is 0.0112. The quantitative estimate of drug-likeness (QED) is 0.548. The van der Waals surface area contributed by atoms with Gasteiger partial charge in [-0.1, -0.05) is 35.1 Å². The maximum atomic E-state index is 13.7. The molecule has 0 bridgehead atoms. The molecule has 3 aromatic rings. The van der Waals surface area contributed by atoms with Gasteiger partial charge in [0.1, 0.15) is 0 Å². The molecule has 2 aliphatic rings. The van der Waals surface area contributed by atoms with Gasteiger partial charge >= 0.3 is 0 Å². The van der Waals surface area contributed by atoms with E-state index in [0.717, 1.165) is 29.5 Å². The summed E-state index contributed by atoms with van der Waals surface area (Å²) in [5.74, 6) is -0.131. The Kier molecular flexibility index (Phi) is 5.65. The number of rotatable bonds is 5. The van der Waals surface area contributed by atoms with E-state index in [4.69, 9.17) is 21.3 Å². The van der Waals surface area contributed by atoms with Crippen LogP contribution in [0.3, 0.4) is 0 Å². The molecule has 8 heteroatoms. The van der Waals surface area contributed by atoms with Crippen LogP contribution in [0, 0.1) is 0 Å². The van der Waals surface area contributed by atoms with Crippen LogP contribution in [0.4, 0.5) is 10.8 Å². The molecule has 0 radical (unpaired) electrons. The first kappa shape index (κ1) is 20.4. The molecule has 0 saturated carbocycles. The Morgan fingerprint density at radius 2 is 2.13 bits per heavy atom. The van der Waals surface area contributed by atoms with E-state index in [-0.39, 0.29) is 17.9 Å². The minimum Gasteiger partial charge on any atom is -0.376 e. The molecule has 1 aromatic heterocycles. The summed E-state index contributed by atoms with van der Waals surface area (Å²) in [6, 6.07) is 13.0. The van der Waals surface area contributed by atoms with E-state index in [1.165, 1.54) is 11.3 Å². The first-order valence-electron chi connectivity index (χ1n) is 10.5. The van der Waals surface area contributed by atoms with Gasteiger partial charge in [-0.3, -0.25) is 14.5 Å². The van der Waals surface area contributed by atoms with Gasteiger partial charge in [0.2, 0.25) is 5.91 Å². The Morgan fingerprint density at radius 3 is 2.87 bits per heavy atom. The third-order valence-electron chi connectivity index (χ3n) is 5.73. The van der Waals surface area contributed by atoms with Crippen LogP contribution in [0.1, 0.15) is 36.0 Å². The second kappa shape index (κ2) is 8.57. The van der Waals surface area contributed by atoms with E-state index < -0.39 is 0 Å². The Hall–Kier alpha value is -2.48.